The smallest absolute Gasteiger partial charge is 0.407 e. The molecule has 0 unspecified atom stereocenters. The number of ether oxygens (including phenoxy) is 1. The molecule has 2 aliphatic heterocycles. The summed E-state index contributed by atoms with van der Waals surface area (Å²) in [6.45, 7) is 7.12. The number of aromatic hydroxyl groups is 1. The van der Waals surface area contributed by atoms with Crippen LogP contribution in [0.1, 0.15) is 32.8 Å². The molecule has 3 amide bonds. The van der Waals surface area contributed by atoms with Gasteiger partial charge in [0.2, 0.25) is 0 Å². The fourth-order valence-corrected chi connectivity index (χ4v) is 4.89. The molecule has 36 heavy (non-hydrogen) atoms. The van der Waals surface area contributed by atoms with E-state index in [0.717, 1.165) is 11.3 Å². The molecule has 0 aliphatic carbocycles. The van der Waals surface area contributed by atoms with Crippen molar-refractivity contribution in [3.8, 4) is 5.75 Å². The number of hydrogen-bond acceptors (Lipinski definition) is 5. The lowest BCUT2D eigenvalue weighted by Gasteiger charge is -2.27. The molecule has 9 nitrogen and oxygen atoms in total. The predicted molar refractivity (Wildman–Crippen MR) is 135 cm³/mol. The van der Waals surface area contributed by atoms with Crippen LogP contribution >= 0.6 is 0 Å². The van der Waals surface area contributed by atoms with Gasteiger partial charge in [-0.2, -0.15) is 0 Å². The van der Waals surface area contributed by atoms with Gasteiger partial charge in [0.15, 0.2) is 0 Å². The maximum atomic E-state index is 13.2. The SMILES string of the molecule is CC(C)(C)OC(=O)[C@@H](Cc1cccc(N2CCN(c3cccc(O)c3)C2=O)c1)[C@H]1CCN(C(=O)O)C1. The molecule has 2 atom stereocenters. The first-order valence-electron chi connectivity index (χ1n) is 12.2. The minimum absolute atomic E-state index is 0.0994. The van der Waals surface area contributed by atoms with Gasteiger partial charge < -0.3 is 19.8 Å². The Hall–Kier alpha value is -3.75. The van der Waals surface area contributed by atoms with E-state index < -0.39 is 17.6 Å². The maximum Gasteiger partial charge on any atom is 0.407 e. The number of amides is 3. The molecule has 9 heteroatoms. The average molecular weight is 496 g/mol. The monoisotopic (exact) mass is 495 g/mol. The number of hydrogen-bond donors (Lipinski definition) is 2. The number of urea groups is 1. The van der Waals surface area contributed by atoms with Crippen molar-refractivity contribution in [3.63, 3.8) is 0 Å². The zero-order valence-electron chi connectivity index (χ0n) is 20.9. The van der Waals surface area contributed by atoms with Gasteiger partial charge >= 0.3 is 18.1 Å². The molecule has 2 aromatic carbocycles. The highest BCUT2D eigenvalue weighted by atomic mass is 16.6. The maximum absolute atomic E-state index is 13.2. The molecule has 2 saturated heterocycles. The van der Waals surface area contributed by atoms with Gasteiger partial charge in [-0.25, -0.2) is 9.59 Å². The van der Waals surface area contributed by atoms with Crippen molar-refractivity contribution in [2.75, 3.05) is 36.0 Å². The molecule has 2 fully saturated rings. The van der Waals surface area contributed by atoms with Crippen LogP contribution in [0.3, 0.4) is 0 Å². The first-order chi connectivity index (χ1) is 17.0. The summed E-state index contributed by atoms with van der Waals surface area (Å²) >= 11 is 0. The molecule has 0 radical (unpaired) electrons. The topological polar surface area (TPSA) is 111 Å². The highest BCUT2D eigenvalue weighted by Crippen LogP contribution is 2.32. The molecule has 2 heterocycles. The number of esters is 1. The van der Waals surface area contributed by atoms with Crippen molar-refractivity contribution in [3.05, 3.63) is 54.1 Å². The average Bonchev–Trinajstić information content (AvgIpc) is 3.44. The molecule has 0 aromatic heterocycles. The fraction of sp³-hybridized carbons (Fsp3) is 0.444. The second kappa shape index (κ2) is 10.1. The molecule has 0 bridgehead atoms. The lowest BCUT2D eigenvalue weighted by atomic mass is 9.86. The van der Waals surface area contributed by atoms with Crippen molar-refractivity contribution in [1.29, 1.82) is 0 Å². The Bertz CT molecular complexity index is 1140. The van der Waals surface area contributed by atoms with Gasteiger partial charge in [-0.05, 0) is 69.4 Å². The molecule has 2 aromatic rings. The van der Waals surface area contributed by atoms with E-state index in [4.69, 9.17) is 4.74 Å². The molecule has 4 rings (SSSR count). The van der Waals surface area contributed by atoms with Gasteiger partial charge in [0.05, 0.1) is 5.92 Å². The summed E-state index contributed by atoms with van der Waals surface area (Å²) in [7, 11) is 0. The number of carboxylic acid groups (broad SMARTS) is 1. The summed E-state index contributed by atoms with van der Waals surface area (Å²) < 4.78 is 5.70. The van der Waals surface area contributed by atoms with Crippen LogP contribution in [-0.4, -0.2) is 65.0 Å². The van der Waals surface area contributed by atoms with Crippen LogP contribution in [0.25, 0.3) is 0 Å². The lowest BCUT2D eigenvalue weighted by molar-refractivity contribution is -0.161. The van der Waals surface area contributed by atoms with E-state index in [1.807, 2.05) is 45.0 Å². The molecule has 192 valence electrons. The fourth-order valence-electron chi connectivity index (χ4n) is 4.89. The number of nitrogens with zero attached hydrogens (tertiary/aromatic N) is 3. The number of benzene rings is 2. The Morgan fingerprint density at radius 3 is 2.25 bits per heavy atom. The summed E-state index contributed by atoms with van der Waals surface area (Å²) in [6, 6.07) is 14.0. The van der Waals surface area contributed by atoms with Crippen LogP contribution in [0.2, 0.25) is 0 Å². The number of carbonyl (C=O) groups is 3. The first kappa shape index (κ1) is 25.3. The van der Waals surface area contributed by atoms with Crippen molar-refractivity contribution in [1.82, 2.24) is 4.90 Å². The molecular weight excluding hydrogens is 462 g/mol. The normalized spacial score (nSPS) is 19.0. The third kappa shape index (κ3) is 5.72. The van der Waals surface area contributed by atoms with E-state index in [1.165, 1.54) is 4.90 Å². The minimum Gasteiger partial charge on any atom is -0.508 e. The van der Waals surface area contributed by atoms with E-state index in [0.29, 0.717) is 44.7 Å². The second-order valence-corrected chi connectivity index (χ2v) is 10.4. The zero-order chi connectivity index (χ0) is 26.0. The third-order valence-corrected chi connectivity index (χ3v) is 6.60. The Morgan fingerprint density at radius 1 is 1.03 bits per heavy atom. The number of phenolic OH excluding ortho intramolecular Hbond substituents is 1. The Balaban J connectivity index is 1.53. The molecule has 0 saturated carbocycles. The summed E-state index contributed by atoms with van der Waals surface area (Å²) in [5, 5.41) is 19.2. The van der Waals surface area contributed by atoms with Crippen molar-refractivity contribution in [2.45, 2.75) is 39.2 Å². The van der Waals surface area contributed by atoms with Gasteiger partial charge in [0.1, 0.15) is 11.4 Å². The quantitative estimate of drug-likeness (QED) is 0.577. The lowest BCUT2D eigenvalue weighted by Crippen LogP contribution is -2.36. The largest absolute Gasteiger partial charge is 0.508 e. The van der Waals surface area contributed by atoms with Gasteiger partial charge in [0, 0.05) is 43.6 Å². The molecule has 2 N–H and O–H groups in total. The van der Waals surface area contributed by atoms with Crippen molar-refractivity contribution < 1.29 is 29.3 Å². The number of likely N-dealkylation sites (tertiary alicyclic amines) is 1. The van der Waals surface area contributed by atoms with Gasteiger partial charge in [-0.3, -0.25) is 14.6 Å². The van der Waals surface area contributed by atoms with Crippen molar-refractivity contribution >= 4 is 29.5 Å². The summed E-state index contributed by atoms with van der Waals surface area (Å²) in [5.41, 5.74) is 1.58. The Labute approximate surface area is 210 Å². The standard InChI is InChI=1S/C27H33N3O6/c1-27(2,3)36-24(32)23(19-10-11-28(17-19)26(34)35)15-18-6-4-7-20(14-18)29-12-13-30(25(29)33)21-8-5-9-22(31)16-21/h4-9,14,16,19,23,31H,10-13,15,17H2,1-3H3,(H,34,35)/t19-,23-/m0/s1. The highest BCUT2D eigenvalue weighted by molar-refractivity contribution is 6.06. The Kier molecular flexibility index (Phi) is 7.10. The van der Waals surface area contributed by atoms with E-state index in [-0.39, 0.29) is 23.7 Å². The zero-order valence-corrected chi connectivity index (χ0v) is 20.9. The molecule has 2 aliphatic rings. The number of phenols is 1. The van der Waals surface area contributed by atoms with Crippen LogP contribution in [0.5, 0.6) is 5.75 Å². The summed E-state index contributed by atoms with van der Waals surface area (Å²) in [4.78, 5) is 42.4. The van der Waals surface area contributed by atoms with E-state index in [1.54, 1.807) is 34.1 Å². The van der Waals surface area contributed by atoms with E-state index in [2.05, 4.69) is 0 Å². The van der Waals surface area contributed by atoms with Gasteiger partial charge in [-0.15, -0.1) is 0 Å². The molecule has 0 spiro atoms. The Morgan fingerprint density at radius 2 is 1.67 bits per heavy atom. The summed E-state index contributed by atoms with van der Waals surface area (Å²) in [5.74, 6) is -0.879. The van der Waals surface area contributed by atoms with Gasteiger partial charge in [0.25, 0.3) is 0 Å². The summed E-state index contributed by atoms with van der Waals surface area (Å²) in [6.07, 6.45) is 0.00439. The third-order valence-electron chi connectivity index (χ3n) is 6.60. The van der Waals surface area contributed by atoms with Crippen LogP contribution in [0.4, 0.5) is 21.0 Å². The van der Waals surface area contributed by atoms with E-state index in [9.17, 15) is 24.6 Å². The number of rotatable bonds is 6. The number of carbonyl (C=O) groups excluding carboxylic acids is 2. The van der Waals surface area contributed by atoms with Crippen LogP contribution in [-0.2, 0) is 16.0 Å². The van der Waals surface area contributed by atoms with Crippen LogP contribution < -0.4 is 9.80 Å². The molecular formula is C27H33N3O6. The highest BCUT2D eigenvalue weighted by Gasteiger charge is 2.38. The van der Waals surface area contributed by atoms with Gasteiger partial charge in [-0.1, -0.05) is 18.2 Å². The van der Waals surface area contributed by atoms with Crippen LogP contribution in [0, 0.1) is 11.8 Å². The number of anilines is 2. The van der Waals surface area contributed by atoms with Crippen LogP contribution in [0.15, 0.2) is 48.5 Å². The second-order valence-electron chi connectivity index (χ2n) is 10.4. The van der Waals surface area contributed by atoms with E-state index >= 15 is 0 Å². The predicted octanol–water partition coefficient (Wildman–Crippen LogP) is 4.34. The van der Waals surface area contributed by atoms with Crippen molar-refractivity contribution in [2.24, 2.45) is 11.8 Å². The minimum atomic E-state index is -0.980. The first-order valence-corrected chi connectivity index (χ1v) is 12.2.